The number of rotatable bonds is 2. The molecule has 0 spiro atoms. The number of halogens is 5. The molecule has 1 aromatic rings. The third-order valence-corrected chi connectivity index (χ3v) is 2.25. The normalized spacial score (nSPS) is 13.6. The quantitative estimate of drug-likeness (QED) is 0.630. The van der Waals surface area contributed by atoms with E-state index in [4.69, 9.17) is 11.6 Å². The van der Waals surface area contributed by atoms with Crippen molar-refractivity contribution in [1.82, 2.24) is 0 Å². The molecule has 0 saturated heterocycles. The van der Waals surface area contributed by atoms with Crippen LogP contribution in [-0.4, -0.2) is 5.11 Å². The summed E-state index contributed by atoms with van der Waals surface area (Å²) in [4.78, 5) is 0. The number of benzene rings is 1. The summed E-state index contributed by atoms with van der Waals surface area (Å²) in [6.07, 6.45) is -5.72. The van der Waals surface area contributed by atoms with Crippen LogP contribution < -0.4 is 0 Å². The summed E-state index contributed by atoms with van der Waals surface area (Å²) in [5.41, 5.74) is -2.17. The van der Waals surface area contributed by atoms with E-state index in [0.29, 0.717) is 6.07 Å². The predicted molar refractivity (Wildman–Crippen MR) is 51.6 cm³/mol. The lowest BCUT2D eigenvalue weighted by Crippen LogP contribution is -2.13. The Morgan fingerprint density at radius 1 is 1.38 bits per heavy atom. The van der Waals surface area contributed by atoms with Crippen molar-refractivity contribution >= 4 is 11.6 Å². The van der Waals surface area contributed by atoms with Gasteiger partial charge in [0.25, 0.3) is 0 Å². The zero-order valence-corrected chi connectivity index (χ0v) is 8.61. The van der Waals surface area contributed by atoms with E-state index in [9.17, 15) is 22.7 Å². The molecule has 1 atom stereocenters. The Morgan fingerprint density at radius 2 is 1.94 bits per heavy atom. The number of aliphatic hydroxyl groups is 1. The van der Waals surface area contributed by atoms with E-state index < -0.39 is 34.2 Å². The zero-order valence-electron chi connectivity index (χ0n) is 7.85. The molecule has 6 heteroatoms. The van der Waals surface area contributed by atoms with Gasteiger partial charge in [-0.25, -0.2) is 4.39 Å². The summed E-state index contributed by atoms with van der Waals surface area (Å²) in [5, 5.41) is 8.78. The van der Waals surface area contributed by atoms with Crippen molar-refractivity contribution < 1.29 is 22.7 Å². The van der Waals surface area contributed by atoms with E-state index in [1.54, 1.807) is 0 Å². The predicted octanol–water partition coefficient (Wildman–Crippen LogP) is 3.72. The molecule has 0 aliphatic heterocycles. The van der Waals surface area contributed by atoms with Crippen LogP contribution in [-0.2, 0) is 6.18 Å². The van der Waals surface area contributed by atoms with Gasteiger partial charge in [0.2, 0.25) is 0 Å². The number of aliphatic hydroxyl groups excluding tert-OH is 1. The van der Waals surface area contributed by atoms with Crippen LogP contribution in [0.5, 0.6) is 0 Å². The first-order chi connectivity index (χ1) is 7.29. The Morgan fingerprint density at radius 3 is 2.38 bits per heavy atom. The lowest BCUT2D eigenvalue weighted by atomic mass is 10.0. The summed E-state index contributed by atoms with van der Waals surface area (Å²) in [6, 6.07) is 1.41. The minimum atomic E-state index is -4.76. The molecule has 0 heterocycles. The Kier molecular flexibility index (Phi) is 3.60. The van der Waals surface area contributed by atoms with Gasteiger partial charge in [0, 0.05) is 5.56 Å². The van der Waals surface area contributed by atoms with Gasteiger partial charge in [0.1, 0.15) is 11.9 Å². The lowest BCUT2D eigenvalue weighted by Gasteiger charge is -2.16. The van der Waals surface area contributed by atoms with Gasteiger partial charge in [-0.1, -0.05) is 17.7 Å². The van der Waals surface area contributed by atoms with Gasteiger partial charge in [-0.2, -0.15) is 13.2 Å². The second kappa shape index (κ2) is 4.43. The SMILES string of the molecule is C=CC(O)c1c(C(F)(F)F)ccc(Cl)c1F. The Bertz CT molecular complexity index is 414. The van der Waals surface area contributed by atoms with Gasteiger partial charge >= 0.3 is 6.18 Å². The van der Waals surface area contributed by atoms with Crippen LogP contribution in [0, 0.1) is 5.82 Å². The summed E-state index contributed by atoms with van der Waals surface area (Å²) < 4.78 is 50.9. The first-order valence-electron chi connectivity index (χ1n) is 4.14. The highest BCUT2D eigenvalue weighted by Crippen LogP contribution is 2.38. The maximum Gasteiger partial charge on any atom is 0.416 e. The van der Waals surface area contributed by atoms with Gasteiger partial charge in [-0.3, -0.25) is 0 Å². The summed E-state index contributed by atoms with van der Waals surface area (Å²) >= 11 is 5.35. The molecule has 1 N–H and O–H groups in total. The fourth-order valence-electron chi connectivity index (χ4n) is 1.22. The second-order valence-electron chi connectivity index (χ2n) is 3.00. The molecule has 0 saturated carbocycles. The van der Waals surface area contributed by atoms with Gasteiger partial charge < -0.3 is 5.11 Å². The average Bonchev–Trinajstić information content (AvgIpc) is 2.19. The molecule has 1 rings (SSSR count). The van der Waals surface area contributed by atoms with Gasteiger partial charge in [0.05, 0.1) is 10.6 Å². The maximum atomic E-state index is 13.4. The second-order valence-corrected chi connectivity index (χ2v) is 3.41. The van der Waals surface area contributed by atoms with Crippen LogP contribution in [0.2, 0.25) is 5.02 Å². The maximum absolute atomic E-state index is 13.4. The smallest absolute Gasteiger partial charge is 0.384 e. The van der Waals surface area contributed by atoms with E-state index in [2.05, 4.69) is 6.58 Å². The molecule has 0 radical (unpaired) electrons. The van der Waals surface area contributed by atoms with Crippen LogP contribution in [0.25, 0.3) is 0 Å². The molecule has 1 aromatic carbocycles. The molecule has 1 unspecified atom stereocenters. The molecule has 0 amide bonds. The summed E-state index contributed by atoms with van der Waals surface area (Å²) in [5.74, 6) is -1.29. The van der Waals surface area contributed by atoms with E-state index in [1.807, 2.05) is 0 Å². The molecular weight excluding hydrogens is 248 g/mol. The van der Waals surface area contributed by atoms with Crippen molar-refractivity contribution in [3.63, 3.8) is 0 Å². The van der Waals surface area contributed by atoms with E-state index in [1.165, 1.54) is 0 Å². The van der Waals surface area contributed by atoms with Gasteiger partial charge in [-0.15, -0.1) is 6.58 Å². The van der Waals surface area contributed by atoms with Crippen LogP contribution in [0.15, 0.2) is 24.8 Å². The third kappa shape index (κ3) is 2.36. The number of alkyl halides is 3. The third-order valence-electron chi connectivity index (χ3n) is 1.96. The zero-order chi connectivity index (χ0) is 12.5. The molecule has 1 nitrogen and oxygen atoms in total. The van der Waals surface area contributed by atoms with E-state index in [0.717, 1.165) is 12.1 Å². The first-order valence-corrected chi connectivity index (χ1v) is 4.52. The monoisotopic (exact) mass is 254 g/mol. The molecule has 88 valence electrons. The standard InChI is InChI=1S/C10H7ClF4O/c1-2-7(16)8-5(10(13,14)15)3-4-6(11)9(8)12/h2-4,7,16H,1H2. The Hall–Kier alpha value is -1.07. The van der Waals surface area contributed by atoms with E-state index in [-0.39, 0.29) is 0 Å². The molecule has 16 heavy (non-hydrogen) atoms. The van der Waals surface area contributed by atoms with Crippen molar-refractivity contribution in [3.8, 4) is 0 Å². The minimum absolute atomic E-state index is 0.482. The molecule has 0 fully saturated rings. The summed E-state index contributed by atoms with van der Waals surface area (Å²) in [7, 11) is 0. The van der Waals surface area contributed by atoms with Crippen LogP contribution in [0.4, 0.5) is 17.6 Å². The largest absolute Gasteiger partial charge is 0.416 e. The van der Waals surface area contributed by atoms with Crippen LogP contribution in [0.3, 0.4) is 0 Å². The van der Waals surface area contributed by atoms with Gasteiger partial charge in [0.15, 0.2) is 0 Å². The highest BCUT2D eigenvalue weighted by atomic mass is 35.5. The lowest BCUT2D eigenvalue weighted by molar-refractivity contribution is -0.139. The fraction of sp³-hybridized carbons (Fsp3) is 0.200. The first kappa shape index (κ1) is 13.0. The summed E-state index contributed by atoms with van der Waals surface area (Å²) in [6.45, 7) is 3.10. The average molecular weight is 255 g/mol. The minimum Gasteiger partial charge on any atom is -0.384 e. The van der Waals surface area contributed by atoms with Gasteiger partial charge in [-0.05, 0) is 12.1 Å². The highest BCUT2D eigenvalue weighted by Gasteiger charge is 2.36. The van der Waals surface area contributed by atoms with Crippen molar-refractivity contribution in [2.45, 2.75) is 12.3 Å². The van der Waals surface area contributed by atoms with Crippen molar-refractivity contribution in [1.29, 1.82) is 0 Å². The van der Waals surface area contributed by atoms with Crippen molar-refractivity contribution in [2.75, 3.05) is 0 Å². The van der Waals surface area contributed by atoms with Crippen LogP contribution in [0.1, 0.15) is 17.2 Å². The number of hydrogen-bond donors (Lipinski definition) is 1. The molecule has 0 aromatic heterocycles. The topological polar surface area (TPSA) is 20.2 Å². The molecular formula is C10H7ClF4O. The molecule has 0 aliphatic rings. The Labute approximate surface area is 94.0 Å². The Balaban J connectivity index is 3.51. The highest BCUT2D eigenvalue weighted by molar-refractivity contribution is 6.30. The van der Waals surface area contributed by atoms with Crippen molar-refractivity contribution in [2.24, 2.45) is 0 Å². The van der Waals surface area contributed by atoms with E-state index >= 15 is 0 Å². The molecule has 0 aliphatic carbocycles. The molecule has 0 bridgehead atoms. The fourth-order valence-corrected chi connectivity index (χ4v) is 1.39. The van der Waals surface area contributed by atoms with Crippen LogP contribution >= 0.6 is 11.6 Å². The van der Waals surface area contributed by atoms with Crippen molar-refractivity contribution in [3.05, 3.63) is 46.8 Å². The number of hydrogen-bond acceptors (Lipinski definition) is 1.